The van der Waals surface area contributed by atoms with Gasteiger partial charge in [0.05, 0.1) is 6.61 Å². The van der Waals surface area contributed by atoms with Crippen molar-refractivity contribution in [2.24, 2.45) is 5.92 Å². The molecule has 0 fully saturated rings. The van der Waals surface area contributed by atoms with Gasteiger partial charge in [0.25, 0.3) is 0 Å². The third kappa shape index (κ3) is 24.0. The van der Waals surface area contributed by atoms with Crippen molar-refractivity contribution in [3.63, 3.8) is 0 Å². The summed E-state index contributed by atoms with van der Waals surface area (Å²) in [6, 6.07) is 0. The van der Waals surface area contributed by atoms with Crippen LogP contribution in [0.5, 0.6) is 0 Å². The van der Waals surface area contributed by atoms with Crippen molar-refractivity contribution in [1.29, 1.82) is 0 Å². The Morgan fingerprint density at radius 3 is 1.35 bits per heavy atom. The minimum Gasteiger partial charge on any atom is -0.466 e. The summed E-state index contributed by atoms with van der Waals surface area (Å²) in [6.45, 7) is 7.42. The van der Waals surface area contributed by atoms with Gasteiger partial charge in [-0.25, -0.2) is 0 Å². The quantitative estimate of drug-likeness (QED) is 0.105. The molecule has 1 atom stereocenters. The first kappa shape index (κ1) is 30.5. The molecule has 0 aliphatic heterocycles. The lowest BCUT2D eigenvalue weighted by Crippen LogP contribution is -2.10. The Kier molecular flexibility index (Phi) is 25.3. The van der Waals surface area contributed by atoms with Gasteiger partial charge in [-0.2, -0.15) is 0 Å². The first-order chi connectivity index (χ1) is 15.2. The molecule has 0 N–H and O–H groups in total. The highest BCUT2D eigenvalue weighted by Crippen LogP contribution is 2.23. The Morgan fingerprint density at radius 1 is 0.516 bits per heavy atom. The lowest BCUT2D eigenvalue weighted by atomic mass is 9.90. The maximum Gasteiger partial charge on any atom is 0.305 e. The summed E-state index contributed by atoms with van der Waals surface area (Å²) in [5.74, 6) is 0.766. The maximum atomic E-state index is 12.2. The van der Waals surface area contributed by atoms with E-state index in [0.717, 1.165) is 18.8 Å². The predicted molar refractivity (Wildman–Crippen MR) is 138 cm³/mol. The molecule has 0 spiro atoms. The average Bonchev–Trinajstić information content (AvgIpc) is 2.77. The van der Waals surface area contributed by atoms with Gasteiger partial charge in [-0.05, 0) is 18.8 Å². The normalized spacial score (nSPS) is 12.2. The number of rotatable bonds is 25. The molecule has 0 aromatic heterocycles. The molecule has 2 nitrogen and oxygen atoms in total. The second kappa shape index (κ2) is 25.7. The van der Waals surface area contributed by atoms with Crippen LogP contribution >= 0.6 is 0 Å². The molecule has 0 heterocycles. The summed E-state index contributed by atoms with van der Waals surface area (Å²) in [4.78, 5) is 12.2. The average molecular weight is 439 g/mol. The van der Waals surface area contributed by atoms with E-state index >= 15 is 0 Å². The third-order valence-electron chi connectivity index (χ3n) is 6.70. The fraction of sp³-hybridized carbons (Fsp3) is 0.966. The molecule has 0 saturated carbocycles. The molecule has 0 rings (SSSR count). The summed E-state index contributed by atoms with van der Waals surface area (Å²) in [5, 5.41) is 0. The lowest BCUT2D eigenvalue weighted by Gasteiger charge is -2.17. The van der Waals surface area contributed by atoms with E-state index in [2.05, 4.69) is 20.8 Å². The fourth-order valence-corrected chi connectivity index (χ4v) is 4.50. The number of unbranched alkanes of at least 4 members (excludes halogenated alkanes) is 16. The molecule has 0 bridgehead atoms. The number of ether oxygens (including phenoxy) is 1. The van der Waals surface area contributed by atoms with Gasteiger partial charge in [0.2, 0.25) is 0 Å². The molecule has 31 heavy (non-hydrogen) atoms. The molecule has 0 saturated heterocycles. The van der Waals surface area contributed by atoms with Crippen LogP contribution in [-0.4, -0.2) is 12.6 Å². The van der Waals surface area contributed by atoms with Crippen molar-refractivity contribution < 1.29 is 9.53 Å². The second-order valence-electron chi connectivity index (χ2n) is 9.86. The van der Waals surface area contributed by atoms with Gasteiger partial charge in [0.1, 0.15) is 0 Å². The SMILES string of the molecule is CCCCCCCCCCCC(CCCCCCC)CCC(=O)OCCCCCCC. The van der Waals surface area contributed by atoms with Crippen molar-refractivity contribution in [1.82, 2.24) is 0 Å². The van der Waals surface area contributed by atoms with E-state index in [-0.39, 0.29) is 5.97 Å². The Balaban J connectivity index is 3.93. The van der Waals surface area contributed by atoms with Crippen molar-refractivity contribution in [3.05, 3.63) is 0 Å². The molecule has 186 valence electrons. The van der Waals surface area contributed by atoms with E-state index in [0.29, 0.717) is 13.0 Å². The highest BCUT2D eigenvalue weighted by atomic mass is 16.5. The van der Waals surface area contributed by atoms with E-state index in [4.69, 9.17) is 4.74 Å². The number of carbonyl (C=O) groups excluding carboxylic acids is 1. The Morgan fingerprint density at radius 2 is 0.903 bits per heavy atom. The Bertz CT molecular complexity index is 353. The van der Waals surface area contributed by atoms with Gasteiger partial charge < -0.3 is 4.74 Å². The standard InChI is InChI=1S/C29H58O2/c1-4-7-10-13-14-15-16-18-21-24-28(23-20-17-11-8-5-2)25-26-29(30)31-27-22-19-12-9-6-3/h28H,4-27H2,1-3H3. The summed E-state index contributed by atoms with van der Waals surface area (Å²) in [7, 11) is 0. The van der Waals surface area contributed by atoms with E-state index in [1.165, 1.54) is 128 Å². The highest BCUT2D eigenvalue weighted by Gasteiger charge is 2.12. The van der Waals surface area contributed by atoms with Crippen LogP contribution in [0, 0.1) is 5.92 Å². The molecule has 0 aromatic rings. The van der Waals surface area contributed by atoms with Crippen LogP contribution in [0.1, 0.15) is 168 Å². The van der Waals surface area contributed by atoms with Crippen molar-refractivity contribution in [2.45, 2.75) is 168 Å². The second-order valence-corrected chi connectivity index (χ2v) is 9.86. The molecule has 0 aliphatic rings. The van der Waals surface area contributed by atoms with E-state index < -0.39 is 0 Å². The topological polar surface area (TPSA) is 26.3 Å². The lowest BCUT2D eigenvalue weighted by molar-refractivity contribution is -0.144. The molecule has 1 unspecified atom stereocenters. The van der Waals surface area contributed by atoms with Crippen LogP contribution in [0.4, 0.5) is 0 Å². The molecular weight excluding hydrogens is 380 g/mol. The van der Waals surface area contributed by atoms with Crippen LogP contribution in [0.2, 0.25) is 0 Å². The third-order valence-corrected chi connectivity index (χ3v) is 6.70. The molecule has 0 amide bonds. The smallest absolute Gasteiger partial charge is 0.305 e. The van der Waals surface area contributed by atoms with Crippen LogP contribution in [-0.2, 0) is 9.53 Å². The summed E-state index contributed by atoms with van der Waals surface area (Å²) in [5.41, 5.74) is 0. The zero-order valence-corrected chi connectivity index (χ0v) is 21.9. The zero-order chi connectivity index (χ0) is 22.8. The maximum absolute atomic E-state index is 12.2. The van der Waals surface area contributed by atoms with Crippen LogP contribution in [0.3, 0.4) is 0 Å². The minimum atomic E-state index is 0.0403. The fourth-order valence-electron chi connectivity index (χ4n) is 4.50. The number of esters is 1. The Labute approximate surface area is 196 Å². The van der Waals surface area contributed by atoms with Gasteiger partial charge in [-0.1, -0.05) is 149 Å². The molecule has 2 heteroatoms. The van der Waals surface area contributed by atoms with Gasteiger partial charge in [-0.3, -0.25) is 4.79 Å². The minimum absolute atomic E-state index is 0.0403. The monoisotopic (exact) mass is 438 g/mol. The summed E-state index contributed by atoms with van der Waals surface area (Å²) < 4.78 is 5.49. The van der Waals surface area contributed by atoms with Crippen molar-refractivity contribution >= 4 is 5.97 Å². The van der Waals surface area contributed by atoms with Gasteiger partial charge in [0, 0.05) is 6.42 Å². The van der Waals surface area contributed by atoms with Crippen molar-refractivity contribution in [2.75, 3.05) is 6.61 Å². The molecule has 0 radical (unpaired) electrons. The van der Waals surface area contributed by atoms with Crippen molar-refractivity contribution in [3.8, 4) is 0 Å². The summed E-state index contributed by atoms with van der Waals surface area (Å²) >= 11 is 0. The zero-order valence-electron chi connectivity index (χ0n) is 21.9. The summed E-state index contributed by atoms with van der Waals surface area (Å²) in [6.07, 6.45) is 29.7. The molecule has 0 aliphatic carbocycles. The molecular formula is C29H58O2. The number of hydrogen-bond acceptors (Lipinski definition) is 2. The van der Waals surface area contributed by atoms with E-state index in [1.54, 1.807) is 0 Å². The predicted octanol–water partition coefficient (Wildman–Crippen LogP) is 10.2. The van der Waals surface area contributed by atoms with Crippen LogP contribution in [0.15, 0.2) is 0 Å². The van der Waals surface area contributed by atoms with E-state index in [9.17, 15) is 4.79 Å². The van der Waals surface area contributed by atoms with E-state index in [1.807, 2.05) is 0 Å². The first-order valence-corrected chi connectivity index (χ1v) is 14.4. The van der Waals surface area contributed by atoms with Crippen LogP contribution in [0.25, 0.3) is 0 Å². The molecule has 0 aromatic carbocycles. The van der Waals surface area contributed by atoms with Gasteiger partial charge >= 0.3 is 5.97 Å². The highest BCUT2D eigenvalue weighted by molar-refractivity contribution is 5.69. The first-order valence-electron chi connectivity index (χ1n) is 14.4. The van der Waals surface area contributed by atoms with Gasteiger partial charge in [-0.15, -0.1) is 0 Å². The largest absolute Gasteiger partial charge is 0.466 e. The van der Waals surface area contributed by atoms with Crippen LogP contribution < -0.4 is 0 Å². The number of carbonyl (C=O) groups is 1. The van der Waals surface area contributed by atoms with Gasteiger partial charge in [0.15, 0.2) is 0 Å². The Hall–Kier alpha value is -0.530. The number of hydrogen-bond donors (Lipinski definition) is 0.